The van der Waals surface area contributed by atoms with E-state index in [0.717, 1.165) is 22.8 Å². The molecule has 0 aliphatic carbocycles. The van der Waals surface area contributed by atoms with Gasteiger partial charge in [0, 0.05) is 5.56 Å². The third-order valence-electron chi connectivity index (χ3n) is 4.74. The Morgan fingerprint density at radius 1 is 0.893 bits per heavy atom. The summed E-state index contributed by atoms with van der Waals surface area (Å²) >= 11 is 0. The molecule has 2 rings (SSSR count). The largest absolute Gasteiger partial charge is 0.430 e. The van der Waals surface area contributed by atoms with Gasteiger partial charge in [0.2, 0.25) is 0 Å². The van der Waals surface area contributed by atoms with E-state index >= 15 is 0 Å². The molecule has 0 atom stereocenters. The predicted octanol–water partition coefficient (Wildman–Crippen LogP) is 6.30. The second kappa shape index (κ2) is 7.78. The van der Waals surface area contributed by atoms with E-state index in [1.807, 2.05) is 25.1 Å². The molecule has 153 valence electrons. The Bertz CT molecular complexity index is 822. The lowest BCUT2D eigenvalue weighted by atomic mass is 9.85. The number of rotatable bonds is 5. The maximum Gasteiger partial charge on any atom is 0.430 e. The third-order valence-corrected chi connectivity index (χ3v) is 4.74. The molecule has 1 N–H and O–H groups in total. The first-order valence-corrected chi connectivity index (χ1v) is 8.75. The Kier molecular flexibility index (Phi) is 6.19. The Labute approximate surface area is 160 Å². The van der Waals surface area contributed by atoms with Crippen molar-refractivity contribution in [1.29, 1.82) is 0 Å². The highest BCUT2D eigenvalue weighted by Gasteiger charge is 2.71. The second-order valence-corrected chi connectivity index (χ2v) is 6.73. The van der Waals surface area contributed by atoms with Crippen molar-refractivity contribution in [2.45, 2.75) is 51.1 Å². The van der Waals surface area contributed by atoms with Crippen LogP contribution in [0.1, 0.15) is 35.6 Å². The van der Waals surface area contributed by atoms with Crippen molar-refractivity contribution in [2.24, 2.45) is 0 Å². The normalized spacial score (nSPS) is 13.1. The summed E-state index contributed by atoms with van der Waals surface area (Å²) in [5.74, 6) is 0. The molecule has 0 bridgehead atoms. The highest BCUT2D eigenvalue weighted by Crippen LogP contribution is 2.50. The number of hydrogen-bond donors (Lipinski definition) is 1. The molecule has 0 aromatic heterocycles. The van der Waals surface area contributed by atoms with Gasteiger partial charge in [-0.2, -0.15) is 26.3 Å². The lowest BCUT2D eigenvalue weighted by Gasteiger charge is -2.33. The van der Waals surface area contributed by atoms with Gasteiger partial charge >= 0.3 is 12.4 Å². The molecule has 0 spiro atoms. The molecule has 0 unspecified atom stereocenters. The first-order chi connectivity index (χ1) is 12.9. The quantitative estimate of drug-likeness (QED) is 0.581. The van der Waals surface area contributed by atoms with Crippen LogP contribution in [-0.2, 0) is 18.4 Å². The minimum atomic E-state index is -5.90. The number of benzene rings is 2. The Morgan fingerprint density at radius 3 is 2.00 bits per heavy atom. The van der Waals surface area contributed by atoms with Gasteiger partial charge in [-0.3, -0.25) is 0 Å². The molecule has 0 fully saturated rings. The summed E-state index contributed by atoms with van der Waals surface area (Å²) in [5, 5.41) is 9.69. The van der Waals surface area contributed by atoms with E-state index in [4.69, 9.17) is 0 Å². The van der Waals surface area contributed by atoms with E-state index in [2.05, 4.69) is 6.92 Å². The number of halogens is 6. The van der Waals surface area contributed by atoms with Crippen molar-refractivity contribution in [3.8, 4) is 11.1 Å². The van der Waals surface area contributed by atoms with Gasteiger partial charge in [0.15, 0.2) is 0 Å². The highest BCUT2D eigenvalue weighted by atomic mass is 19.4. The number of hydrogen-bond acceptors (Lipinski definition) is 1. The minimum Gasteiger partial charge on any atom is -0.369 e. The van der Waals surface area contributed by atoms with Crippen molar-refractivity contribution in [3.05, 3.63) is 65.6 Å². The van der Waals surface area contributed by atoms with E-state index in [1.54, 1.807) is 6.92 Å². The zero-order valence-corrected chi connectivity index (χ0v) is 15.5. The second-order valence-electron chi connectivity index (χ2n) is 6.73. The fourth-order valence-corrected chi connectivity index (χ4v) is 3.16. The molecule has 0 saturated heterocycles. The molecule has 2 aromatic rings. The zero-order chi connectivity index (χ0) is 21.3. The highest BCUT2D eigenvalue weighted by molar-refractivity contribution is 5.72. The number of aryl methyl sites for hydroxylation is 2. The third kappa shape index (κ3) is 3.90. The van der Waals surface area contributed by atoms with Gasteiger partial charge in [-0.1, -0.05) is 49.7 Å². The van der Waals surface area contributed by atoms with Gasteiger partial charge in [0.1, 0.15) is 0 Å². The molecular formula is C21H21F6O. The van der Waals surface area contributed by atoms with Crippen molar-refractivity contribution < 1.29 is 31.4 Å². The van der Waals surface area contributed by atoms with Crippen LogP contribution >= 0.6 is 0 Å². The standard InChI is InChI=1S/C21H21F6O/c1-4-6-15-12-16(19(28,20(22,23)24)21(25,26)27)9-10-17(15)18-11-14(5-2)8-7-13(18)3/h7-12,28H,2,4-6H2,1,3H3. The summed E-state index contributed by atoms with van der Waals surface area (Å²) < 4.78 is 79.3. The van der Waals surface area contributed by atoms with Gasteiger partial charge in [0.05, 0.1) is 0 Å². The van der Waals surface area contributed by atoms with Crippen molar-refractivity contribution in [3.63, 3.8) is 0 Å². The predicted molar refractivity (Wildman–Crippen MR) is 95.7 cm³/mol. The maximum atomic E-state index is 13.2. The van der Waals surface area contributed by atoms with Gasteiger partial charge in [-0.25, -0.2) is 0 Å². The molecule has 2 aromatic carbocycles. The van der Waals surface area contributed by atoms with Crippen LogP contribution in [0.5, 0.6) is 0 Å². The molecule has 0 saturated carbocycles. The first-order valence-electron chi connectivity index (χ1n) is 8.75. The zero-order valence-electron chi connectivity index (χ0n) is 15.5. The fourth-order valence-electron chi connectivity index (χ4n) is 3.16. The van der Waals surface area contributed by atoms with Crippen LogP contribution in [0.3, 0.4) is 0 Å². The van der Waals surface area contributed by atoms with Crippen molar-refractivity contribution >= 4 is 0 Å². The van der Waals surface area contributed by atoms with Gasteiger partial charge in [-0.15, -0.1) is 0 Å². The topological polar surface area (TPSA) is 20.2 Å². The van der Waals surface area contributed by atoms with Gasteiger partial charge in [-0.05, 0) is 54.5 Å². The number of alkyl halides is 6. The summed E-state index contributed by atoms with van der Waals surface area (Å²) in [4.78, 5) is 0. The van der Waals surface area contributed by atoms with Crippen LogP contribution in [0, 0.1) is 13.8 Å². The van der Waals surface area contributed by atoms with E-state index in [0.29, 0.717) is 30.0 Å². The maximum absolute atomic E-state index is 13.2. The Balaban J connectivity index is 2.73. The van der Waals surface area contributed by atoms with Crippen LogP contribution < -0.4 is 0 Å². The van der Waals surface area contributed by atoms with E-state index in [-0.39, 0.29) is 6.42 Å². The Morgan fingerprint density at radius 2 is 1.50 bits per heavy atom. The molecule has 0 aliphatic heterocycles. The van der Waals surface area contributed by atoms with E-state index < -0.39 is 23.5 Å². The molecule has 0 aliphatic rings. The van der Waals surface area contributed by atoms with Gasteiger partial charge < -0.3 is 5.11 Å². The van der Waals surface area contributed by atoms with Crippen LogP contribution in [0.15, 0.2) is 36.4 Å². The molecule has 0 amide bonds. The van der Waals surface area contributed by atoms with Gasteiger partial charge in [0.25, 0.3) is 5.60 Å². The molecule has 0 heterocycles. The molecule has 7 heteroatoms. The summed E-state index contributed by atoms with van der Waals surface area (Å²) in [5.41, 5.74) is -2.84. The van der Waals surface area contributed by atoms with E-state index in [1.165, 1.54) is 6.07 Å². The molecule has 1 nitrogen and oxygen atoms in total. The van der Waals surface area contributed by atoms with Crippen molar-refractivity contribution in [1.82, 2.24) is 0 Å². The Hall–Kier alpha value is -2.02. The van der Waals surface area contributed by atoms with Crippen LogP contribution in [0.2, 0.25) is 0 Å². The summed E-state index contributed by atoms with van der Waals surface area (Å²) in [7, 11) is 0. The fraction of sp³-hybridized carbons (Fsp3) is 0.381. The smallest absolute Gasteiger partial charge is 0.369 e. The lowest BCUT2D eigenvalue weighted by Crippen LogP contribution is -2.53. The average Bonchev–Trinajstić information content (AvgIpc) is 2.60. The lowest BCUT2D eigenvalue weighted by molar-refractivity contribution is -0.376. The summed E-state index contributed by atoms with van der Waals surface area (Å²) in [6, 6.07) is 8.27. The summed E-state index contributed by atoms with van der Waals surface area (Å²) in [6.45, 7) is 7.38. The van der Waals surface area contributed by atoms with E-state index in [9.17, 15) is 31.4 Å². The molecule has 28 heavy (non-hydrogen) atoms. The summed E-state index contributed by atoms with van der Waals surface area (Å²) in [6.07, 6.45) is -10.5. The minimum absolute atomic E-state index is 0.267. The van der Waals surface area contributed by atoms with Crippen molar-refractivity contribution in [2.75, 3.05) is 0 Å². The first kappa shape index (κ1) is 22.3. The molecule has 1 radical (unpaired) electrons. The SMILES string of the molecule is [CH2]Cc1ccc(C)c(-c2ccc(C(O)(C(F)(F)F)C(F)(F)F)cc2CCC)c1. The number of aliphatic hydroxyl groups is 1. The van der Waals surface area contributed by atoms with Crippen LogP contribution in [-0.4, -0.2) is 17.5 Å². The average molecular weight is 403 g/mol. The molecular weight excluding hydrogens is 382 g/mol. The van der Waals surface area contributed by atoms with Crippen LogP contribution in [0.4, 0.5) is 26.3 Å². The monoisotopic (exact) mass is 403 g/mol. The van der Waals surface area contributed by atoms with Crippen LogP contribution in [0.25, 0.3) is 11.1 Å².